The maximum Gasteiger partial charge on any atom is 0.199 e. The van der Waals surface area contributed by atoms with Crippen LogP contribution in [0.2, 0.25) is 0 Å². The number of fused-ring (bicyclic) bond motifs is 5. The number of carbonyl (C=O) groups is 1. The Bertz CT molecular complexity index is 750. The number of hydrogen-bond acceptors (Lipinski definition) is 5. The standard InChI is InChI=1S/C23H38O4S2/c1-4-23(25)12-10-16-15(13-23)5-6-18-17(16)9-11-22(2)19(18)7-8-20(22)21(24)14-28-29(3,26)27/h15-20,25H,4-14H2,1-3H3/t15-,16-,17?,18?,19?,20+,22-,23+/m0/s1. The Morgan fingerprint density at radius 2 is 1.76 bits per heavy atom. The summed E-state index contributed by atoms with van der Waals surface area (Å²) in [5.74, 6) is 3.87. The molecule has 29 heavy (non-hydrogen) atoms. The van der Waals surface area contributed by atoms with Crippen molar-refractivity contribution >= 4 is 25.4 Å². The Labute approximate surface area is 180 Å². The highest BCUT2D eigenvalue weighted by Gasteiger charge is 2.58. The van der Waals surface area contributed by atoms with Gasteiger partial charge in [-0.25, -0.2) is 8.42 Å². The van der Waals surface area contributed by atoms with Crippen molar-refractivity contribution in [1.29, 1.82) is 0 Å². The first-order chi connectivity index (χ1) is 13.6. The van der Waals surface area contributed by atoms with Crippen LogP contribution in [0.1, 0.15) is 78.1 Å². The highest BCUT2D eigenvalue weighted by molar-refractivity contribution is 8.72. The van der Waals surface area contributed by atoms with E-state index in [9.17, 15) is 18.3 Å². The number of Topliss-reactive ketones (excluding diaryl/α,β-unsaturated/α-hetero) is 1. The van der Waals surface area contributed by atoms with Crippen LogP contribution in [-0.4, -0.2) is 36.9 Å². The molecular formula is C23H38O4S2. The van der Waals surface area contributed by atoms with Crippen molar-refractivity contribution in [3.63, 3.8) is 0 Å². The molecule has 0 aromatic rings. The minimum atomic E-state index is -3.17. The van der Waals surface area contributed by atoms with Gasteiger partial charge >= 0.3 is 0 Å². The molecule has 0 aromatic heterocycles. The van der Waals surface area contributed by atoms with E-state index >= 15 is 0 Å². The first-order valence-corrected chi connectivity index (χ1v) is 15.1. The monoisotopic (exact) mass is 442 g/mol. The Morgan fingerprint density at radius 3 is 2.45 bits per heavy atom. The largest absolute Gasteiger partial charge is 0.390 e. The van der Waals surface area contributed by atoms with Crippen LogP contribution in [0.15, 0.2) is 0 Å². The molecular weight excluding hydrogens is 404 g/mol. The zero-order valence-electron chi connectivity index (χ0n) is 18.2. The van der Waals surface area contributed by atoms with Crippen LogP contribution < -0.4 is 0 Å². The number of hydrogen-bond donors (Lipinski definition) is 1. The summed E-state index contributed by atoms with van der Waals surface area (Å²) in [6, 6.07) is 0. The first kappa shape index (κ1) is 22.1. The molecule has 4 aliphatic carbocycles. The van der Waals surface area contributed by atoms with Gasteiger partial charge in [0.2, 0.25) is 0 Å². The van der Waals surface area contributed by atoms with Crippen LogP contribution in [0.5, 0.6) is 0 Å². The first-order valence-electron chi connectivity index (χ1n) is 11.7. The quantitative estimate of drug-likeness (QED) is 0.627. The molecule has 0 radical (unpaired) electrons. The van der Waals surface area contributed by atoms with E-state index in [1.165, 1.54) is 31.9 Å². The second-order valence-corrected chi connectivity index (χ2v) is 15.3. The topological polar surface area (TPSA) is 71.4 Å². The molecule has 0 amide bonds. The van der Waals surface area contributed by atoms with Crippen molar-refractivity contribution in [2.75, 3.05) is 12.0 Å². The third kappa shape index (κ3) is 4.07. The van der Waals surface area contributed by atoms with Crippen LogP contribution >= 0.6 is 10.8 Å². The molecule has 0 aromatic carbocycles. The number of carbonyl (C=O) groups excluding carboxylic acids is 1. The lowest BCUT2D eigenvalue weighted by Gasteiger charge is -2.57. The highest BCUT2D eigenvalue weighted by Crippen LogP contribution is 2.64. The molecule has 4 nitrogen and oxygen atoms in total. The Kier molecular flexibility index (Phi) is 5.96. The fraction of sp³-hybridized carbons (Fsp3) is 0.957. The van der Waals surface area contributed by atoms with E-state index < -0.39 is 14.5 Å². The molecule has 0 bridgehead atoms. The molecule has 4 rings (SSSR count). The van der Waals surface area contributed by atoms with Gasteiger partial charge in [-0.05, 0) is 110 Å². The lowest BCUT2D eigenvalue weighted by Crippen LogP contribution is -2.51. The molecule has 4 aliphatic rings. The second-order valence-electron chi connectivity index (χ2n) is 10.9. The summed E-state index contributed by atoms with van der Waals surface area (Å²) in [6.07, 6.45) is 12.1. The van der Waals surface area contributed by atoms with Crippen molar-refractivity contribution in [3.05, 3.63) is 0 Å². The van der Waals surface area contributed by atoms with Crippen LogP contribution in [0.25, 0.3) is 0 Å². The molecule has 3 unspecified atom stereocenters. The van der Waals surface area contributed by atoms with Gasteiger partial charge in [-0.2, -0.15) is 0 Å². The number of aliphatic hydroxyl groups is 1. The molecule has 166 valence electrons. The van der Waals surface area contributed by atoms with Gasteiger partial charge < -0.3 is 5.11 Å². The summed E-state index contributed by atoms with van der Waals surface area (Å²) in [5, 5.41) is 10.8. The van der Waals surface area contributed by atoms with Crippen LogP contribution in [-0.2, 0) is 13.7 Å². The van der Waals surface area contributed by atoms with E-state index in [0.717, 1.165) is 67.1 Å². The lowest BCUT2D eigenvalue weighted by molar-refractivity contribution is -0.130. The molecule has 8 atom stereocenters. The van der Waals surface area contributed by atoms with Crippen molar-refractivity contribution in [2.24, 2.45) is 40.9 Å². The van der Waals surface area contributed by atoms with Crippen molar-refractivity contribution in [1.82, 2.24) is 0 Å². The molecule has 0 heterocycles. The van der Waals surface area contributed by atoms with E-state index in [2.05, 4.69) is 13.8 Å². The maximum atomic E-state index is 12.9. The molecule has 1 N–H and O–H groups in total. The van der Waals surface area contributed by atoms with E-state index in [4.69, 9.17) is 0 Å². The van der Waals surface area contributed by atoms with Gasteiger partial charge in [-0.15, -0.1) is 0 Å². The maximum absolute atomic E-state index is 12.9. The van der Waals surface area contributed by atoms with E-state index in [1.807, 2.05) is 0 Å². The Balaban J connectivity index is 1.46. The smallest absolute Gasteiger partial charge is 0.199 e. The van der Waals surface area contributed by atoms with Gasteiger partial charge in [0, 0.05) is 12.2 Å². The van der Waals surface area contributed by atoms with E-state index in [-0.39, 0.29) is 22.9 Å². The Morgan fingerprint density at radius 1 is 1.03 bits per heavy atom. The third-order valence-corrected chi connectivity index (χ3v) is 12.0. The lowest BCUT2D eigenvalue weighted by atomic mass is 9.48. The van der Waals surface area contributed by atoms with Crippen molar-refractivity contribution in [3.8, 4) is 0 Å². The SMILES string of the molecule is CC[C@@]1(O)CC[C@@H]2C3CC[C@@]4(C)C(CC[C@@H]4C(=O)CSS(C)(=O)=O)C3CC[C@H]2C1. The van der Waals surface area contributed by atoms with Crippen LogP contribution in [0.4, 0.5) is 0 Å². The summed E-state index contributed by atoms with van der Waals surface area (Å²) in [7, 11) is -2.36. The zero-order valence-corrected chi connectivity index (χ0v) is 19.9. The van der Waals surface area contributed by atoms with Crippen molar-refractivity contribution < 1.29 is 18.3 Å². The minimum Gasteiger partial charge on any atom is -0.390 e. The molecule has 4 fully saturated rings. The van der Waals surface area contributed by atoms with Gasteiger partial charge in [0.25, 0.3) is 0 Å². The van der Waals surface area contributed by atoms with Gasteiger partial charge in [0.05, 0.1) is 11.4 Å². The van der Waals surface area contributed by atoms with Gasteiger partial charge in [-0.3, -0.25) is 4.79 Å². The van der Waals surface area contributed by atoms with Gasteiger partial charge in [-0.1, -0.05) is 13.8 Å². The van der Waals surface area contributed by atoms with Crippen LogP contribution in [0, 0.1) is 40.9 Å². The van der Waals surface area contributed by atoms with Crippen LogP contribution in [0.3, 0.4) is 0 Å². The summed E-state index contributed by atoms with van der Waals surface area (Å²) in [6.45, 7) is 4.45. The third-order valence-electron chi connectivity index (χ3n) is 9.57. The predicted molar refractivity (Wildman–Crippen MR) is 118 cm³/mol. The van der Waals surface area contributed by atoms with Crippen molar-refractivity contribution in [2.45, 2.75) is 83.7 Å². The summed E-state index contributed by atoms with van der Waals surface area (Å²) >= 11 is 0. The fourth-order valence-corrected chi connectivity index (χ4v) is 9.60. The van der Waals surface area contributed by atoms with E-state index in [0.29, 0.717) is 11.8 Å². The Hall–Kier alpha value is -0.0700. The second kappa shape index (κ2) is 7.81. The minimum absolute atomic E-state index is 0.0389. The zero-order chi connectivity index (χ0) is 21.0. The average molecular weight is 443 g/mol. The fourth-order valence-electron chi connectivity index (χ4n) is 8.08. The van der Waals surface area contributed by atoms with E-state index in [1.54, 1.807) is 0 Å². The summed E-state index contributed by atoms with van der Waals surface area (Å²) in [5.41, 5.74) is -0.374. The number of ketones is 1. The molecule has 6 heteroatoms. The number of rotatable bonds is 5. The molecule has 0 aliphatic heterocycles. The van der Waals surface area contributed by atoms with Gasteiger partial charge in [0.15, 0.2) is 8.87 Å². The highest BCUT2D eigenvalue weighted by atomic mass is 33.1. The average Bonchev–Trinajstić information content (AvgIpc) is 3.02. The van der Waals surface area contributed by atoms with Gasteiger partial charge in [0.1, 0.15) is 5.78 Å². The summed E-state index contributed by atoms with van der Waals surface area (Å²) in [4.78, 5) is 12.9. The summed E-state index contributed by atoms with van der Waals surface area (Å²) < 4.78 is 23.0. The molecule has 0 spiro atoms. The predicted octanol–water partition coefficient (Wildman–Crippen LogP) is 4.66. The molecule has 4 saturated carbocycles. The normalized spacial score (nSPS) is 47.2. The molecule has 0 saturated heterocycles.